The first kappa shape index (κ1) is 17.9. The minimum atomic E-state index is -1.02. The molecule has 84 valence electrons. The molecule has 0 nitrogen and oxygen atoms in total. The second kappa shape index (κ2) is 5.24. The molecule has 0 aromatic carbocycles. The first-order valence-electron chi connectivity index (χ1n) is 5.25. The van der Waals surface area contributed by atoms with Crippen LogP contribution in [0.3, 0.4) is 0 Å². The van der Waals surface area contributed by atoms with E-state index in [1.807, 2.05) is 0 Å². The first-order chi connectivity index (χ1) is 5.37. The SMILES string of the molecule is C[Si](C)(C)[C-]([Si](C)(C)C)[Si](C)(C)C.[Zr]. The van der Waals surface area contributed by atoms with Crippen molar-refractivity contribution in [2.24, 2.45) is 0 Å². The van der Waals surface area contributed by atoms with Crippen molar-refractivity contribution in [1.29, 1.82) is 0 Å². The number of hydrogen-bond donors (Lipinski definition) is 0. The number of hydrogen-bond acceptors (Lipinski definition) is 0. The second-order valence-corrected chi connectivity index (χ2v) is 23.6. The van der Waals surface area contributed by atoms with Gasteiger partial charge in [-0.15, -0.1) is 24.2 Å². The van der Waals surface area contributed by atoms with Crippen molar-refractivity contribution in [3.05, 3.63) is 4.79 Å². The van der Waals surface area contributed by atoms with Crippen LogP contribution in [-0.2, 0) is 26.2 Å². The third-order valence-electron chi connectivity index (χ3n) is 2.25. The molecule has 0 radical (unpaired) electrons. The second-order valence-electron chi connectivity index (χ2n) is 7.12. The van der Waals surface area contributed by atoms with Crippen LogP contribution in [0.1, 0.15) is 0 Å². The summed E-state index contributed by atoms with van der Waals surface area (Å²) in [5.41, 5.74) is 0. The van der Waals surface area contributed by atoms with E-state index in [9.17, 15) is 0 Å². The van der Waals surface area contributed by atoms with E-state index in [-0.39, 0.29) is 26.2 Å². The maximum absolute atomic E-state index is 2.53. The van der Waals surface area contributed by atoms with Gasteiger partial charge < -0.3 is 4.79 Å². The normalized spacial score (nSPS) is 14.1. The molecule has 0 saturated carbocycles. The van der Waals surface area contributed by atoms with Crippen LogP contribution in [0.15, 0.2) is 0 Å². The van der Waals surface area contributed by atoms with Crippen LogP contribution >= 0.6 is 0 Å². The molecule has 0 aliphatic carbocycles. The zero-order chi connectivity index (χ0) is 11.1. The van der Waals surface area contributed by atoms with Gasteiger partial charge in [0.2, 0.25) is 0 Å². The van der Waals surface area contributed by atoms with Gasteiger partial charge in [-0.05, 0) is 0 Å². The Labute approximate surface area is 113 Å². The summed E-state index contributed by atoms with van der Waals surface area (Å²) in [4.78, 5) is 2.06. The number of rotatable bonds is 3. The Balaban J connectivity index is 0. The van der Waals surface area contributed by atoms with Gasteiger partial charge in [0.1, 0.15) is 0 Å². The summed E-state index contributed by atoms with van der Waals surface area (Å²) >= 11 is 0. The molecule has 0 bridgehead atoms. The van der Waals surface area contributed by atoms with E-state index in [0.29, 0.717) is 0 Å². The molecule has 0 aromatic rings. The van der Waals surface area contributed by atoms with Gasteiger partial charge in [0.15, 0.2) is 0 Å². The van der Waals surface area contributed by atoms with Gasteiger partial charge in [-0.3, -0.25) is 0 Å². The molecule has 14 heavy (non-hydrogen) atoms. The van der Waals surface area contributed by atoms with E-state index < -0.39 is 24.2 Å². The van der Waals surface area contributed by atoms with E-state index >= 15 is 0 Å². The van der Waals surface area contributed by atoms with Crippen molar-refractivity contribution < 1.29 is 26.2 Å². The van der Waals surface area contributed by atoms with Crippen LogP contribution in [0.25, 0.3) is 0 Å². The fourth-order valence-corrected chi connectivity index (χ4v) is 30.4. The zero-order valence-electron chi connectivity index (χ0n) is 11.5. The van der Waals surface area contributed by atoms with Crippen molar-refractivity contribution in [2.75, 3.05) is 0 Å². The van der Waals surface area contributed by atoms with Crippen LogP contribution in [-0.4, -0.2) is 24.2 Å². The van der Waals surface area contributed by atoms with Crippen LogP contribution in [0.2, 0.25) is 58.9 Å². The maximum Gasteiger partial charge on any atom is 0 e. The molecule has 0 unspecified atom stereocenters. The van der Waals surface area contributed by atoms with Crippen molar-refractivity contribution in [2.45, 2.75) is 58.9 Å². The quantitative estimate of drug-likeness (QED) is 0.540. The third kappa shape index (κ3) is 5.57. The predicted molar refractivity (Wildman–Crippen MR) is 73.3 cm³/mol. The summed E-state index contributed by atoms with van der Waals surface area (Å²) in [5.74, 6) is 0. The molecule has 0 spiro atoms. The van der Waals surface area contributed by atoms with Gasteiger partial charge in [-0.1, -0.05) is 58.9 Å². The Morgan fingerprint density at radius 3 is 0.643 bits per heavy atom. The Hall–Kier alpha value is 1.53. The molecular formula is C10H27Si3Zr-. The van der Waals surface area contributed by atoms with E-state index in [4.69, 9.17) is 0 Å². The monoisotopic (exact) mass is 321 g/mol. The van der Waals surface area contributed by atoms with Crippen molar-refractivity contribution in [3.63, 3.8) is 0 Å². The summed E-state index contributed by atoms with van der Waals surface area (Å²) in [6, 6.07) is 0. The Morgan fingerprint density at radius 1 is 0.500 bits per heavy atom. The summed E-state index contributed by atoms with van der Waals surface area (Å²) in [7, 11) is -3.05. The Bertz CT molecular complexity index is 138. The summed E-state index contributed by atoms with van der Waals surface area (Å²) in [6.45, 7) is 22.7. The fourth-order valence-electron chi connectivity index (χ4n) is 3.38. The first-order valence-corrected chi connectivity index (χ1v) is 15.8. The largest absolute Gasteiger partial charge is 0.311 e. The molecule has 0 N–H and O–H groups in total. The average molecular weight is 323 g/mol. The van der Waals surface area contributed by atoms with Crippen LogP contribution in [0, 0.1) is 4.79 Å². The summed E-state index contributed by atoms with van der Waals surface area (Å²) in [5, 5.41) is 0. The molecular weight excluding hydrogens is 296 g/mol. The van der Waals surface area contributed by atoms with Gasteiger partial charge in [0, 0.05) is 26.2 Å². The van der Waals surface area contributed by atoms with Gasteiger partial charge >= 0.3 is 0 Å². The van der Waals surface area contributed by atoms with Gasteiger partial charge in [0.05, 0.1) is 0 Å². The standard InChI is InChI=1S/C10H27Si3.Zr/c1-11(2,3)10(12(4,5)6)13(7,8)9;/h1-9H3;/q-1;. The van der Waals surface area contributed by atoms with E-state index in [2.05, 4.69) is 63.7 Å². The molecule has 0 heterocycles. The maximum atomic E-state index is 2.53. The van der Waals surface area contributed by atoms with Gasteiger partial charge in [-0.25, -0.2) is 0 Å². The minimum absolute atomic E-state index is 0. The Morgan fingerprint density at radius 2 is 0.643 bits per heavy atom. The zero-order valence-corrected chi connectivity index (χ0v) is 17.0. The topological polar surface area (TPSA) is 0 Å². The molecule has 0 aliphatic heterocycles. The molecule has 0 aromatic heterocycles. The van der Waals surface area contributed by atoms with Crippen molar-refractivity contribution >= 4 is 24.2 Å². The van der Waals surface area contributed by atoms with Crippen molar-refractivity contribution in [3.8, 4) is 0 Å². The predicted octanol–water partition coefficient (Wildman–Crippen LogP) is 4.19. The molecule has 0 fully saturated rings. The van der Waals surface area contributed by atoms with Gasteiger partial charge in [0.25, 0.3) is 0 Å². The van der Waals surface area contributed by atoms with Crippen molar-refractivity contribution in [1.82, 2.24) is 0 Å². The Kier molecular flexibility index (Phi) is 6.71. The summed E-state index contributed by atoms with van der Waals surface area (Å²) < 4.78 is 0. The fraction of sp³-hybridized carbons (Fsp3) is 0.900. The van der Waals surface area contributed by atoms with Crippen LogP contribution < -0.4 is 0 Å². The van der Waals surface area contributed by atoms with Gasteiger partial charge in [-0.2, -0.15) is 0 Å². The molecule has 0 saturated heterocycles. The molecule has 0 atom stereocenters. The average Bonchev–Trinajstić information content (AvgIpc) is 1.44. The van der Waals surface area contributed by atoms with Crippen LogP contribution in [0.5, 0.6) is 0 Å². The van der Waals surface area contributed by atoms with E-state index in [1.165, 1.54) is 0 Å². The van der Waals surface area contributed by atoms with E-state index in [1.54, 1.807) is 0 Å². The summed E-state index contributed by atoms with van der Waals surface area (Å²) in [6.07, 6.45) is 0. The molecule has 0 rings (SSSR count). The molecule has 0 aliphatic rings. The third-order valence-corrected chi connectivity index (χ3v) is 20.2. The molecule has 0 amide bonds. The minimum Gasteiger partial charge on any atom is -0.311 e. The van der Waals surface area contributed by atoms with Crippen LogP contribution in [0.4, 0.5) is 0 Å². The molecule has 4 heteroatoms. The smallest absolute Gasteiger partial charge is 0 e. The van der Waals surface area contributed by atoms with E-state index in [0.717, 1.165) is 0 Å².